The van der Waals surface area contributed by atoms with E-state index in [1.165, 1.54) is 83.5 Å². The Balaban J connectivity index is -0.000000259. The number of imidazole rings is 1. The second-order valence-corrected chi connectivity index (χ2v) is 26.9. The van der Waals surface area contributed by atoms with E-state index in [-0.39, 0.29) is 16.5 Å². The Morgan fingerprint density at radius 3 is 1.13 bits per heavy atom. The van der Waals surface area contributed by atoms with Gasteiger partial charge in [0.2, 0.25) is 0 Å². The molecule has 0 spiro atoms. The Kier molecular flexibility index (Phi) is 46.0. The van der Waals surface area contributed by atoms with Gasteiger partial charge in [-0.1, -0.05) is 174 Å². The number of hydrogen-bond acceptors (Lipinski definition) is 5. The van der Waals surface area contributed by atoms with E-state index in [2.05, 4.69) is 230 Å². The first-order chi connectivity index (χ1) is 36.0. The molecule has 1 saturated carbocycles. The molecule has 3 fully saturated rings. The summed E-state index contributed by atoms with van der Waals surface area (Å²) in [6.45, 7) is 78.8. The van der Waals surface area contributed by atoms with Crippen LogP contribution in [0.15, 0.2) is 79.1 Å². The molecule has 0 aromatic carbocycles. The molecular weight excluding hydrogens is 951 g/mol. The summed E-state index contributed by atoms with van der Waals surface area (Å²) >= 11 is 0. The third-order valence-corrected chi connectivity index (χ3v) is 13.6. The molecule has 3 aromatic heterocycles. The van der Waals surface area contributed by atoms with Gasteiger partial charge < -0.3 is 14.0 Å². The van der Waals surface area contributed by atoms with Crippen LogP contribution >= 0.6 is 0 Å². The maximum absolute atomic E-state index is 4.25. The summed E-state index contributed by atoms with van der Waals surface area (Å²) in [5, 5.41) is 0. The molecular formula is C71H141N7. The fourth-order valence-electron chi connectivity index (χ4n) is 8.42. The van der Waals surface area contributed by atoms with Gasteiger partial charge in [0.05, 0.1) is 12.0 Å². The van der Waals surface area contributed by atoms with E-state index < -0.39 is 0 Å². The van der Waals surface area contributed by atoms with Gasteiger partial charge in [-0.05, 0) is 190 Å². The van der Waals surface area contributed by atoms with Crippen LogP contribution in [0.1, 0.15) is 277 Å². The van der Waals surface area contributed by atoms with Gasteiger partial charge in [-0.15, -0.1) is 0 Å². The van der Waals surface area contributed by atoms with Gasteiger partial charge in [0, 0.05) is 83.7 Å². The third-order valence-electron chi connectivity index (χ3n) is 13.6. The maximum atomic E-state index is 4.25. The monoisotopic (exact) mass is 1090 g/mol. The van der Waals surface area contributed by atoms with E-state index in [1.54, 1.807) is 5.57 Å². The van der Waals surface area contributed by atoms with Crippen molar-refractivity contribution in [2.45, 2.75) is 301 Å². The number of aryl methyl sites for hydroxylation is 1. The van der Waals surface area contributed by atoms with Gasteiger partial charge in [0.15, 0.2) is 0 Å². The molecule has 2 aliphatic heterocycles. The Morgan fingerprint density at radius 2 is 0.910 bits per heavy atom. The van der Waals surface area contributed by atoms with Crippen molar-refractivity contribution >= 4 is 0 Å². The smallest absolute Gasteiger partial charge is 0.0956 e. The van der Waals surface area contributed by atoms with Crippen molar-refractivity contribution in [2.24, 2.45) is 16.7 Å². The highest BCUT2D eigenvalue weighted by Gasteiger charge is 2.27. The van der Waals surface area contributed by atoms with Crippen LogP contribution in [0.4, 0.5) is 0 Å². The lowest BCUT2D eigenvalue weighted by Crippen LogP contribution is -2.52. The maximum Gasteiger partial charge on any atom is 0.0956 e. The van der Waals surface area contributed by atoms with E-state index in [0.29, 0.717) is 21.9 Å². The van der Waals surface area contributed by atoms with Gasteiger partial charge in [-0.3, -0.25) is 14.8 Å². The number of likely N-dealkylation sites (N-methyl/N-ethyl adjacent to an activating group) is 1. The van der Waals surface area contributed by atoms with E-state index in [4.69, 9.17) is 0 Å². The Morgan fingerprint density at radius 1 is 0.474 bits per heavy atom. The number of likely N-dealkylation sites (tertiary alicyclic amines) is 1. The van der Waals surface area contributed by atoms with Gasteiger partial charge in [-0.25, -0.2) is 4.98 Å². The van der Waals surface area contributed by atoms with Crippen LogP contribution in [0.5, 0.6) is 0 Å². The molecule has 78 heavy (non-hydrogen) atoms. The second-order valence-electron chi connectivity index (χ2n) is 26.9. The average Bonchev–Trinajstić information content (AvgIpc) is 4.23. The van der Waals surface area contributed by atoms with Crippen molar-refractivity contribution in [1.82, 2.24) is 33.8 Å². The molecule has 0 amide bonds. The van der Waals surface area contributed by atoms with E-state index in [0.717, 1.165) is 23.7 Å². The number of piperazine rings is 1. The summed E-state index contributed by atoms with van der Waals surface area (Å²) in [7, 11) is 2.19. The summed E-state index contributed by atoms with van der Waals surface area (Å²) in [6, 6.07) is 10.1. The molecule has 7 heteroatoms. The quantitative estimate of drug-likeness (QED) is 0.224. The first-order valence-electron chi connectivity index (χ1n) is 31.6. The van der Waals surface area contributed by atoms with Gasteiger partial charge in [0.25, 0.3) is 0 Å². The average molecular weight is 1090 g/mol. The summed E-state index contributed by atoms with van der Waals surface area (Å²) in [6.07, 6.45) is 24.3. The number of pyridine rings is 1. The van der Waals surface area contributed by atoms with Crippen LogP contribution in [-0.2, 0) is 16.5 Å². The predicted octanol–water partition coefficient (Wildman–Crippen LogP) is 21.1. The normalized spacial score (nSPS) is 15.7. The number of aromatic nitrogens is 4. The standard InChI is InChI=1S/C9H20N2.C9H16N2.C9H13N.C9H18.C9H14.C8H17N.C8H13N.5C2H6/c1-9(2,3)11-7-5-10(4)6-8-11;1-7-8(2)11(6-10-7)9(3,4)5;1-9(2,3)8-6-4-5-7-10-8;2*1-9(2,3)8-6-4-5-7-8;2*1-8(2,3)9-6-4-5-7-9;5*1-2/h5-8H2,1-4H3;6H,1-5H3;4-7H,1-3H3;8H,4-7H2,1-3H3;4-6H,7H2,1-3H3;4-7H2,1-3H3;4-7H,1-3H3;5*1-2H3. The Bertz CT molecular complexity index is 1790. The van der Waals surface area contributed by atoms with Crippen molar-refractivity contribution in [3.63, 3.8) is 0 Å². The topological polar surface area (TPSA) is 45.4 Å². The molecule has 4 aliphatic rings. The summed E-state index contributed by atoms with van der Waals surface area (Å²) in [5.74, 6) is 1.01. The lowest BCUT2D eigenvalue weighted by molar-refractivity contribution is 0.0735. The predicted molar refractivity (Wildman–Crippen MR) is 358 cm³/mol. The molecule has 7 rings (SSSR count). The van der Waals surface area contributed by atoms with Crippen molar-refractivity contribution < 1.29 is 0 Å². The number of hydrogen-bond donors (Lipinski definition) is 0. The van der Waals surface area contributed by atoms with Crippen LogP contribution in [0.25, 0.3) is 0 Å². The zero-order valence-electron chi connectivity index (χ0n) is 59.3. The van der Waals surface area contributed by atoms with Crippen LogP contribution in [0.2, 0.25) is 0 Å². The van der Waals surface area contributed by atoms with Gasteiger partial charge in [-0.2, -0.15) is 0 Å². The van der Waals surface area contributed by atoms with Crippen LogP contribution in [0.3, 0.4) is 0 Å². The summed E-state index contributed by atoms with van der Waals surface area (Å²) in [4.78, 5) is 16.0. The Labute approximate surface area is 491 Å². The van der Waals surface area contributed by atoms with Crippen LogP contribution < -0.4 is 0 Å². The zero-order chi connectivity index (χ0) is 62.4. The molecule has 0 atom stereocenters. The van der Waals surface area contributed by atoms with E-state index >= 15 is 0 Å². The third kappa shape index (κ3) is 39.4. The lowest BCUT2D eigenvalue weighted by atomic mass is 9.80. The fourth-order valence-corrected chi connectivity index (χ4v) is 8.42. The molecule has 2 saturated heterocycles. The highest BCUT2D eigenvalue weighted by Crippen LogP contribution is 2.38. The lowest BCUT2D eigenvalue weighted by Gasteiger charge is -2.41. The minimum absolute atomic E-state index is 0.158. The SMILES string of the molecule is CC.CC.CC.CC.CC.CC(C)(C)C1=CC=CC1.CC(C)(C)C1CCCC1.CC(C)(C)N1CCCC1.CC(C)(C)c1ccccn1.CC(C)(C)n1cccc1.CN1CCN(C(C)(C)C)CC1.Cc1ncn(C(C)(C)C)c1C. The van der Waals surface area contributed by atoms with Crippen molar-refractivity contribution in [1.29, 1.82) is 0 Å². The molecule has 0 bridgehead atoms. The van der Waals surface area contributed by atoms with Gasteiger partial charge in [0.1, 0.15) is 0 Å². The van der Waals surface area contributed by atoms with E-state index in [9.17, 15) is 0 Å². The molecule has 2 aliphatic carbocycles. The highest BCUT2D eigenvalue weighted by atomic mass is 15.3. The number of nitrogens with zero attached hydrogens (tertiary/aromatic N) is 7. The minimum Gasteiger partial charge on any atom is -0.349 e. The number of allylic oxidation sites excluding steroid dienone is 4. The molecule has 460 valence electrons. The van der Waals surface area contributed by atoms with E-state index in [1.807, 2.05) is 113 Å². The molecule has 7 nitrogen and oxygen atoms in total. The molecule has 0 unspecified atom stereocenters. The zero-order valence-corrected chi connectivity index (χ0v) is 59.3. The fraction of sp³-hybridized carbons (Fsp3) is 0.775. The highest BCUT2D eigenvalue weighted by molar-refractivity contribution is 5.27. The van der Waals surface area contributed by atoms with Crippen molar-refractivity contribution in [2.75, 3.05) is 46.3 Å². The molecule has 5 heterocycles. The van der Waals surface area contributed by atoms with Gasteiger partial charge >= 0.3 is 0 Å². The molecule has 0 N–H and O–H groups in total. The second kappa shape index (κ2) is 42.8. The molecule has 0 radical (unpaired) electrons. The van der Waals surface area contributed by atoms with Crippen molar-refractivity contribution in [3.8, 4) is 0 Å². The minimum atomic E-state index is 0.158. The Hall–Kier alpha value is -3.00. The largest absolute Gasteiger partial charge is 0.349 e. The van der Waals surface area contributed by atoms with Crippen molar-refractivity contribution in [3.05, 3.63) is 96.1 Å². The summed E-state index contributed by atoms with van der Waals surface area (Å²) < 4.78 is 4.38. The number of rotatable bonds is 0. The first-order valence-corrected chi connectivity index (χ1v) is 31.6. The van der Waals surface area contributed by atoms with Crippen LogP contribution in [0, 0.1) is 30.6 Å². The van der Waals surface area contributed by atoms with Crippen LogP contribution in [-0.4, -0.2) is 91.2 Å². The summed E-state index contributed by atoms with van der Waals surface area (Å²) in [5.41, 5.74) is 7.39. The molecule has 3 aromatic rings. The first kappa shape index (κ1) is 83.8.